The second-order valence-electron chi connectivity index (χ2n) is 6.94. The standard InChI is InChI=1S/C20H19NO4/c1-20(2,3)25-19(24)21(4)15-11-7-10-14-16(15)18(23)13-9-6-5-8-12(13)17(14)22/h5-11H,1-4H3. The molecule has 0 spiro atoms. The number of ketones is 2. The first-order valence-electron chi connectivity index (χ1n) is 7.99. The Bertz CT molecular complexity index is 893. The first-order valence-corrected chi connectivity index (χ1v) is 7.99. The van der Waals surface area contributed by atoms with Crippen molar-refractivity contribution in [3.05, 3.63) is 64.7 Å². The predicted octanol–water partition coefficient (Wildman–Crippen LogP) is 3.83. The minimum Gasteiger partial charge on any atom is -0.443 e. The Morgan fingerprint density at radius 1 is 0.880 bits per heavy atom. The molecule has 0 saturated heterocycles. The number of carbonyl (C=O) groups excluding carboxylic acids is 3. The molecule has 0 saturated carbocycles. The molecule has 0 heterocycles. The molecule has 0 atom stereocenters. The van der Waals surface area contributed by atoms with Gasteiger partial charge in [0.25, 0.3) is 0 Å². The maximum absolute atomic E-state index is 13.0. The van der Waals surface area contributed by atoms with Crippen LogP contribution in [0.15, 0.2) is 42.5 Å². The average Bonchev–Trinajstić information content (AvgIpc) is 2.57. The Morgan fingerprint density at radius 2 is 1.44 bits per heavy atom. The molecule has 1 amide bonds. The molecular weight excluding hydrogens is 318 g/mol. The molecule has 1 aliphatic carbocycles. The number of ether oxygens (including phenoxy) is 1. The van der Waals surface area contributed by atoms with Crippen molar-refractivity contribution in [2.24, 2.45) is 0 Å². The zero-order valence-corrected chi connectivity index (χ0v) is 14.6. The smallest absolute Gasteiger partial charge is 0.414 e. The van der Waals surface area contributed by atoms with Crippen molar-refractivity contribution in [1.29, 1.82) is 0 Å². The Balaban J connectivity index is 2.10. The van der Waals surface area contributed by atoms with Gasteiger partial charge in [-0.05, 0) is 26.8 Å². The van der Waals surface area contributed by atoms with Crippen LogP contribution in [0.3, 0.4) is 0 Å². The van der Waals surface area contributed by atoms with E-state index < -0.39 is 11.7 Å². The SMILES string of the molecule is CN(C(=O)OC(C)(C)C)c1cccc2c1C(=O)c1ccccc1C2=O. The van der Waals surface area contributed by atoms with Gasteiger partial charge in [0.1, 0.15) is 5.60 Å². The van der Waals surface area contributed by atoms with Crippen LogP contribution < -0.4 is 4.90 Å². The summed E-state index contributed by atoms with van der Waals surface area (Å²) in [6, 6.07) is 11.6. The van der Waals surface area contributed by atoms with Gasteiger partial charge in [-0.2, -0.15) is 0 Å². The van der Waals surface area contributed by atoms with Gasteiger partial charge in [-0.1, -0.05) is 36.4 Å². The first kappa shape index (κ1) is 16.9. The summed E-state index contributed by atoms with van der Waals surface area (Å²) < 4.78 is 5.37. The topological polar surface area (TPSA) is 63.7 Å². The molecule has 25 heavy (non-hydrogen) atoms. The fourth-order valence-corrected chi connectivity index (χ4v) is 2.84. The largest absolute Gasteiger partial charge is 0.443 e. The van der Waals surface area contributed by atoms with Gasteiger partial charge in [0.15, 0.2) is 11.6 Å². The summed E-state index contributed by atoms with van der Waals surface area (Å²) in [5.41, 5.74) is 0.977. The van der Waals surface area contributed by atoms with Crippen LogP contribution in [-0.2, 0) is 4.74 Å². The number of fused-ring (bicyclic) bond motifs is 2. The summed E-state index contributed by atoms with van der Waals surface area (Å²) in [5, 5.41) is 0. The Morgan fingerprint density at radius 3 is 2.04 bits per heavy atom. The van der Waals surface area contributed by atoms with Crippen molar-refractivity contribution in [3.63, 3.8) is 0 Å². The molecule has 5 nitrogen and oxygen atoms in total. The van der Waals surface area contributed by atoms with Crippen LogP contribution in [0.4, 0.5) is 10.5 Å². The van der Waals surface area contributed by atoms with Crippen LogP contribution in [0.5, 0.6) is 0 Å². The van der Waals surface area contributed by atoms with E-state index in [0.717, 1.165) is 0 Å². The lowest BCUT2D eigenvalue weighted by atomic mass is 9.83. The highest BCUT2D eigenvalue weighted by molar-refractivity contribution is 6.30. The number of carbonyl (C=O) groups is 3. The number of anilines is 1. The van der Waals surface area contributed by atoms with Crippen molar-refractivity contribution in [2.45, 2.75) is 26.4 Å². The molecule has 2 aromatic carbocycles. The normalized spacial score (nSPS) is 13.1. The van der Waals surface area contributed by atoms with E-state index in [1.807, 2.05) is 0 Å². The monoisotopic (exact) mass is 337 g/mol. The highest BCUT2D eigenvalue weighted by atomic mass is 16.6. The van der Waals surface area contributed by atoms with E-state index in [-0.39, 0.29) is 17.1 Å². The van der Waals surface area contributed by atoms with Crippen LogP contribution in [0.2, 0.25) is 0 Å². The van der Waals surface area contributed by atoms with Crippen molar-refractivity contribution < 1.29 is 19.1 Å². The van der Waals surface area contributed by atoms with Crippen molar-refractivity contribution in [1.82, 2.24) is 0 Å². The van der Waals surface area contributed by atoms with Crippen LogP contribution in [0.25, 0.3) is 0 Å². The van der Waals surface area contributed by atoms with Gasteiger partial charge in [0.05, 0.1) is 11.3 Å². The highest BCUT2D eigenvalue weighted by Crippen LogP contribution is 2.33. The summed E-state index contributed by atoms with van der Waals surface area (Å²) in [6.45, 7) is 5.30. The Kier molecular flexibility index (Phi) is 3.95. The average molecular weight is 337 g/mol. The number of nitrogens with zero attached hydrogens (tertiary/aromatic N) is 1. The Labute approximate surface area is 146 Å². The number of hydrogen-bond acceptors (Lipinski definition) is 4. The van der Waals surface area contributed by atoms with Gasteiger partial charge < -0.3 is 4.74 Å². The van der Waals surface area contributed by atoms with Crippen molar-refractivity contribution >= 4 is 23.3 Å². The molecule has 128 valence electrons. The molecular formula is C20H19NO4. The number of rotatable bonds is 1. The van der Waals surface area contributed by atoms with Crippen molar-refractivity contribution in [2.75, 3.05) is 11.9 Å². The molecule has 0 fully saturated rings. The van der Waals surface area contributed by atoms with Crippen LogP contribution in [0, 0.1) is 0 Å². The Hall–Kier alpha value is -2.95. The van der Waals surface area contributed by atoms with E-state index in [9.17, 15) is 14.4 Å². The van der Waals surface area contributed by atoms with Crippen LogP contribution >= 0.6 is 0 Å². The molecule has 1 aliphatic rings. The maximum atomic E-state index is 13.0. The molecule has 5 heteroatoms. The summed E-state index contributed by atoms with van der Waals surface area (Å²) in [6.07, 6.45) is -0.583. The quantitative estimate of drug-likeness (QED) is 0.677. The van der Waals surface area contributed by atoms with Gasteiger partial charge >= 0.3 is 6.09 Å². The third-order valence-corrected chi connectivity index (χ3v) is 3.96. The second-order valence-corrected chi connectivity index (χ2v) is 6.94. The lowest BCUT2D eigenvalue weighted by molar-refractivity contribution is 0.0589. The molecule has 0 unspecified atom stereocenters. The molecule has 2 aromatic rings. The number of benzene rings is 2. The fourth-order valence-electron chi connectivity index (χ4n) is 2.84. The van der Waals surface area contributed by atoms with Gasteiger partial charge in [-0.25, -0.2) is 4.79 Å². The van der Waals surface area contributed by atoms with E-state index in [1.54, 1.807) is 63.2 Å². The van der Waals surface area contributed by atoms with Gasteiger partial charge in [-0.3, -0.25) is 14.5 Å². The van der Waals surface area contributed by atoms with Crippen LogP contribution in [0.1, 0.15) is 52.6 Å². The minimum absolute atomic E-state index is 0.218. The van der Waals surface area contributed by atoms with Crippen molar-refractivity contribution in [3.8, 4) is 0 Å². The van der Waals surface area contributed by atoms with E-state index >= 15 is 0 Å². The molecule has 0 N–H and O–H groups in total. The molecule has 3 rings (SSSR count). The van der Waals surface area contributed by atoms with E-state index in [2.05, 4.69) is 0 Å². The maximum Gasteiger partial charge on any atom is 0.414 e. The van der Waals surface area contributed by atoms with Gasteiger partial charge in [0.2, 0.25) is 0 Å². The summed E-state index contributed by atoms with van der Waals surface area (Å²) in [4.78, 5) is 39.3. The third-order valence-electron chi connectivity index (χ3n) is 3.96. The zero-order chi connectivity index (χ0) is 18.4. The highest BCUT2D eigenvalue weighted by Gasteiger charge is 2.33. The molecule has 0 aliphatic heterocycles. The summed E-state index contributed by atoms with van der Waals surface area (Å²) in [5.74, 6) is -0.485. The predicted molar refractivity (Wildman–Crippen MR) is 94.4 cm³/mol. The second kappa shape index (κ2) is 5.84. The zero-order valence-electron chi connectivity index (χ0n) is 14.6. The minimum atomic E-state index is -0.660. The van der Waals surface area contributed by atoms with Gasteiger partial charge in [-0.15, -0.1) is 0 Å². The summed E-state index contributed by atoms with van der Waals surface area (Å²) in [7, 11) is 1.53. The third kappa shape index (κ3) is 2.93. The first-order chi connectivity index (χ1) is 11.7. The molecule has 0 aromatic heterocycles. The van der Waals surface area contributed by atoms with Gasteiger partial charge in [0, 0.05) is 23.7 Å². The number of amides is 1. The number of hydrogen-bond donors (Lipinski definition) is 0. The molecule has 0 bridgehead atoms. The van der Waals surface area contributed by atoms with E-state index in [4.69, 9.17) is 4.74 Å². The van der Waals surface area contributed by atoms with E-state index in [1.165, 1.54) is 11.9 Å². The molecule has 0 radical (unpaired) electrons. The summed E-state index contributed by atoms with van der Waals surface area (Å²) >= 11 is 0. The lowest BCUT2D eigenvalue weighted by Gasteiger charge is -2.27. The fraction of sp³-hybridized carbons (Fsp3) is 0.250. The van der Waals surface area contributed by atoms with E-state index in [0.29, 0.717) is 22.4 Å². The lowest BCUT2D eigenvalue weighted by Crippen LogP contribution is -2.35. The van der Waals surface area contributed by atoms with Crippen LogP contribution in [-0.4, -0.2) is 30.3 Å².